The first-order chi connectivity index (χ1) is 13.6. The van der Waals surface area contributed by atoms with E-state index >= 15 is 0 Å². The second-order valence-electron chi connectivity index (χ2n) is 5.76. The molecule has 0 aliphatic rings. The van der Waals surface area contributed by atoms with Crippen molar-refractivity contribution in [2.75, 3.05) is 19.0 Å². The molecule has 2 heterocycles. The molecule has 28 heavy (non-hydrogen) atoms. The molecule has 8 nitrogen and oxygen atoms in total. The third-order valence-corrected chi connectivity index (χ3v) is 4.49. The van der Waals surface area contributed by atoms with Gasteiger partial charge in [0.2, 0.25) is 5.91 Å². The number of methoxy groups -OCH3 is 1. The molecule has 0 radical (unpaired) electrons. The largest absolute Gasteiger partial charge is 0.497 e. The van der Waals surface area contributed by atoms with Gasteiger partial charge in [0, 0.05) is 30.1 Å². The molecule has 0 aliphatic heterocycles. The average molecular weight is 400 g/mol. The van der Waals surface area contributed by atoms with Crippen molar-refractivity contribution < 1.29 is 18.7 Å². The molecule has 3 rings (SSSR count). The molecule has 0 fully saturated rings. The van der Waals surface area contributed by atoms with Crippen LogP contribution in [-0.2, 0) is 11.3 Å². The molecular formula is C19H20N4O4S. The highest BCUT2D eigenvalue weighted by molar-refractivity contribution is 7.14. The summed E-state index contributed by atoms with van der Waals surface area (Å²) in [6.45, 7) is 0.546. The maximum Gasteiger partial charge on any atom is 0.270 e. The van der Waals surface area contributed by atoms with Crippen molar-refractivity contribution in [2.45, 2.75) is 13.0 Å². The molecule has 0 atom stereocenters. The Morgan fingerprint density at radius 3 is 2.89 bits per heavy atom. The first-order valence-electron chi connectivity index (χ1n) is 8.58. The van der Waals surface area contributed by atoms with Crippen molar-refractivity contribution in [3.8, 4) is 5.75 Å². The van der Waals surface area contributed by atoms with Gasteiger partial charge in [0.25, 0.3) is 5.91 Å². The highest BCUT2D eigenvalue weighted by atomic mass is 32.1. The van der Waals surface area contributed by atoms with Gasteiger partial charge >= 0.3 is 0 Å². The molecule has 0 aliphatic carbocycles. The summed E-state index contributed by atoms with van der Waals surface area (Å²) >= 11 is 1.32. The van der Waals surface area contributed by atoms with E-state index in [4.69, 9.17) is 9.15 Å². The second kappa shape index (κ2) is 9.56. The first kappa shape index (κ1) is 19.4. The van der Waals surface area contributed by atoms with E-state index in [2.05, 4.69) is 20.9 Å². The van der Waals surface area contributed by atoms with Gasteiger partial charge in [-0.2, -0.15) is 0 Å². The lowest BCUT2D eigenvalue weighted by molar-refractivity contribution is -0.121. The topological polar surface area (TPSA) is 105 Å². The minimum absolute atomic E-state index is 0.171. The number of nitrogens with zero attached hydrogens (tertiary/aromatic N) is 1. The van der Waals surface area contributed by atoms with Gasteiger partial charge in [0.15, 0.2) is 5.13 Å². The van der Waals surface area contributed by atoms with E-state index in [-0.39, 0.29) is 24.8 Å². The number of amides is 2. The zero-order chi connectivity index (χ0) is 19.8. The van der Waals surface area contributed by atoms with E-state index in [1.54, 1.807) is 30.9 Å². The minimum atomic E-state index is -0.325. The summed E-state index contributed by atoms with van der Waals surface area (Å²) < 4.78 is 10.3. The molecular weight excluding hydrogens is 380 g/mol. The number of nitrogens with one attached hydrogen (secondary N) is 3. The number of hydrogen-bond acceptors (Lipinski definition) is 7. The highest BCUT2D eigenvalue weighted by Crippen LogP contribution is 2.23. The predicted octanol–water partition coefficient (Wildman–Crippen LogP) is 2.92. The zero-order valence-electron chi connectivity index (χ0n) is 15.2. The van der Waals surface area contributed by atoms with Gasteiger partial charge in [0.05, 0.1) is 19.9 Å². The molecule has 2 amide bonds. The molecule has 146 valence electrons. The van der Waals surface area contributed by atoms with Crippen molar-refractivity contribution >= 4 is 34.0 Å². The molecule has 0 spiro atoms. The maximum absolute atomic E-state index is 12.2. The Hall–Kier alpha value is -3.33. The predicted molar refractivity (Wildman–Crippen MR) is 106 cm³/mol. The summed E-state index contributed by atoms with van der Waals surface area (Å²) in [5.41, 5.74) is 1.11. The Balaban J connectivity index is 1.42. The molecule has 2 aromatic heterocycles. The Labute approximate surface area is 165 Å². The number of hydrogen-bond donors (Lipinski definition) is 3. The number of carbonyl (C=O) groups excluding carboxylic acids is 2. The first-order valence-corrected chi connectivity index (χ1v) is 9.46. The second-order valence-corrected chi connectivity index (χ2v) is 6.61. The Kier molecular flexibility index (Phi) is 6.64. The highest BCUT2D eigenvalue weighted by Gasteiger charge is 2.11. The molecule has 0 unspecified atom stereocenters. The molecule has 0 bridgehead atoms. The minimum Gasteiger partial charge on any atom is -0.497 e. The van der Waals surface area contributed by atoms with E-state index < -0.39 is 0 Å². The van der Waals surface area contributed by atoms with Gasteiger partial charge in [-0.25, -0.2) is 4.98 Å². The summed E-state index contributed by atoms with van der Waals surface area (Å²) in [6.07, 6.45) is 1.72. The van der Waals surface area contributed by atoms with Crippen LogP contribution in [0.15, 0.2) is 52.5 Å². The number of ether oxygens (including phenoxy) is 1. The van der Waals surface area contributed by atoms with E-state index in [9.17, 15) is 9.59 Å². The molecule has 0 saturated carbocycles. The van der Waals surface area contributed by atoms with Crippen LogP contribution in [0.2, 0.25) is 0 Å². The summed E-state index contributed by atoms with van der Waals surface area (Å²) in [7, 11) is 1.60. The Morgan fingerprint density at radius 1 is 1.21 bits per heavy atom. The standard InChI is InChI=1S/C19H20N4O4S/c1-26-14-5-2-4-13(10-14)22-19-23-16(12-28-19)18(25)20-8-7-17(24)21-11-15-6-3-9-27-15/h2-6,9-10,12H,7-8,11H2,1H3,(H,20,25)(H,21,24)(H,22,23). The van der Waals surface area contributed by atoms with Gasteiger partial charge in [-0.3, -0.25) is 9.59 Å². The zero-order valence-corrected chi connectivity index (χ0v) is 16.0. The van der Waals surface area contributed by atoms with Crippen LogP contribution in [0.4, 0.5) is 10.8 Å². The van der Waals surface area contributed by atoms with Crippen LogP contribution < -0.4 is 20.7 Å². The van der Waals surface area contributed by atoms with E-state index in [1.807, 2.05) is 24.3 Å². The lowest BCUT2D eigenvalue weighted by atomic mass is 10.3. The van der Waals surface area contributed by atoms with Crippen molar-refractivity contribution in [1.82, 2.24) is 15.6 Å². The summed E-state index contributed by atoms with van der Waals surface area (Å²) in [5, 5.41) is 10.8. The third kappa shape index (κ3) is 5.58. The summed E-state index contributed by atoms with van der Waals surface area (Å²) in [5.74, 6) is 0.907. The van der Waals surface area contributed by atoms with Crippen LogP contribution in [0.5, 0.6) is 5.75 Å². The molecule has 3 N–H and O–H groups in total. The van der Waals surface area contributed by atoms with Crippen molar-refractivity contribution in [3.63, 3.8) is 0 Å². The number of anilines is 2. The monoisotopic (exact) mass is 400 g/mol. The Bertz CT molecular complexity index is 924. The number of rotatable bonds is 9. The lowest BCUT2D eigenvalue weighted by Gasteiger charge is -2.05. The normalized spacial score (nSPS) is 10.3. The lowest BCUT2D eigenvalue weighted by Crippen LogP contribution is -2.30. The fourth-order valence-electron chi connectivity index (χ4n) is 2.33. The molecule has 3 aromatic rings. The summed E-state index contributed by atoms with van der Waals surface area (Å²) in [6, 6.07) is 11.0. The number of thiazole rings is 1. The van der Waals surface area contributed by atoms with Crippen LogP contribution in [-0.4, -0.2) is 30.5 Å². The number of aromatic nitrogens is 1. The quantitative estimate of drug-likeness (QED) is 0.510. The fourth-order valence-corrected chi connectivity index (χ4v) is 3.04. The van der Waals surface area contributed by atoms with Gasteiger partial charge < -0.3 is 25.1 Å². The van der Waals surface area contributed by atoms with E-state index in [0.717, 1.165) is 11.4 Å². The van der Waals surface area contributed by atoms with Crippen molar-refractivity contribution in [1.29, 1.82) is 0 Å². The van der Waals surface area contributed by atoms with Crippen LogP contribution in [0.25, 0.3) is 0 Å². The molecule has 1 aromatic carbocycles. The van der Waals surface area contributed by atoms with Gasteiger partial charge in [-0.15, -0.1) is 11.3 Å². The maximum atomic E-state index is 12.2. The van der Waals surface area contributed by atoms with E-state index in [0.29, 0.717) is 23.1 Å². The fraction of sp³-hybridized carbons (Fsp3) is 0.211. The average Bonchev–Trinajstić information content (AvgIpc) is 3.38. The van der Waals surface area contributed by atoms with Crippen LogP contribution >= 0.6 is 11.3 Å². The van der Waals surface area contributed by atoms with Crippen LogP contribution in [0, 0.1) is 0 Å². The van der Waals surface area contributed by atoms with Gasteiger partial charge in [-0.1, -0.05) is 6.07 Å². The Morgan fingerprint density at radius 2 is 2.11 bits per heavy atom. The number of carbonyl (C=O) groups is 2. The van der Waals surface area contributed by atoms with E-state index in [1.165, 1.54) is 11.3 Å². The van der Waals surface area contributed by atoms with Crippen LogP contribution in [0.3, 0.4) is 0 Å². The van der Waals surface area contributed by atoms with Crippen molar-refractivity contribution in [3.05, 3.63) is 59.5 Å². The molecule has 0 saturated heterocycles. The third-order valence-electron chi connectivity index (χ3n) is 3.74. The summed E-state index contributed by atoms with van der Waals surface area (Å²) in [4.78, 5) is 28.2. The number of furan rings is 1. The SMILES string of the molecule is COc1cccc(Nc2nc(C(=O)NCCC(=O)NCc3ccco3)cs2)c1. The van der Waals surface area contributed by atoms with Crippen LogP contribution in [0.1, 0.15) is 22.7 Å². The van der Waals surface area contributed by atoms with Gasteiger partial charge in [0.1, 0.15) is 17.2 Å². The number of benzene rings is 1. The molecule has 9 heteroatoms. The smallest absolute Gasteiger partial charge is 0.270 e. The van der Waals surface area contributed by atoms with Gasteiger partial charge in [-0.05, 0) is 24.3 Å². The van der Waals surface area contributed by atoms with Crippen molar-refractivity contribution in [2.24, 2.45) is 0 Å².